The minimum atomic E-state index is -1.21. The number of likely N-dealkylation sites (N-methyl/N-ethyl adjacent to an activating group) is 7. The van der Waals surface area contributed by atoms with Crippen LogP contribution >= 0.6 is 0 Å². The molecule has 0 saturated carbocycles. The van der Waals surface area contributed by atoms with Gasteiger partial charge in [0.05, 0.1) is 6.54 Å². The molecule has 0 radical (unpaired) electrons. The van der Waals surface area contributed by atoms with E-state index in [9.17, 15) is 43.2 Å². The standard InChI is InChI=1S/C62H111N11O11/c1-25-27-28-41(15)33-47-55(77)65-44(26-2)58(80)67(18)34-50(74)68(19)45(29-35(3)4)56(78)66-51(39(11)12)61(83)69(20)46(30-36(5)6)54(76)63-42(16)53(75)64-43(17)57(79)71(22)48(31-37(7)8)59(81)72(23)49(32-38(9)10)60(82)73(24)52(40(13)14)62(84)70(47)21/h25,27,35-49,51-52H,26,28-34H2,1-24H3,(H,63,76)(H,64,75)(H,65,77)(H,66,78)/b27-25+/t41-,42+,43-,44+,45+,46+,47+,48+,49+,51+,52+/m1/s1. The number of hydrogen-bond acceptors (Lipinski definition) is 11. The van der Waals surface area contributed by atoms with Crippen LogP contribution in [0.25, 0.3) is 0 Å². The summed E-state index contributed by atoms with van der Waals surface area (Å²) >= 11 is 0. The van der Waals surface area contributed by atoms with Crippen molar-refractivity contribution < 1.29 is 52.7 Å². The molecular formula is C62H111N11O11. The first-order chi connectivity index (χ1) is 38.8. The van der Waals surface area contributed by atoms with Crippen LogP contribution in [0.2, 0.25) is 0 Å². The number of allylic oxidation sites excluding steroid dienone is 2. The Kier molecular flexibility index (Phi) is 31.4. The van der Waals surface area contributed by atoms with E-state index in [1.807, 2.05) is 81.4 Å². The van der Waals surface area contributed by atoms with Gasteiger partial charge in [-0.2, -0.15) is 0 Å². The molecule has 0 spiro atoms. The lowest BCUT2D eigenvalue weighted by atomic mass is 9.93. The highest BCUT2D eigenvalue weighted by Crippen LogP contribution is 2.25. The van der Waals surface area contributed by atoms with Crippen LogP contribution in [-0.2, 0) is 52.7 Å². The molecule has 0 aromatic heterocycles. The number of amides is 11. The number of rotatable bonds is 15. The van der Waals surface area contributed by atoms with Gasteiger partial charge in [-0.1, -0.05) is 109 Å². The first-order valence-corrected chi connectivity index (χ1v) is 30.5. The molecular weight excluding hydrogens is 1070 g/mol. The second-order valence-corrected chi connectivity index (χ2v) is 26.0. The third kappa shape index (κ3) is 21.8. The summed E-state index contributed by atoms with van der Waals surface area (Å²) in [7, 11) is 10.3. The maximum absolute atomic E-state index is 15.1. The van der Waals surface area contributed by atoms with E-state index in [0.717, 1.165) is 0 Å². The molecule has 1 aliphatic rings. The van der Waals surface area contributed by atoms with Crippen molar-refractivity contribution in [3.63, 3.8) is 0 Å². The highest BCUT2D eigenvalue weighted by Gasteiger charge is 2.44. The lowest BCUT2D eigenvalue weighted by molar-refractivity contribution is -0.156. The first kappa shape index (κ1) is 75.9. The summed E-state index contributed by atoms with van der Waals surface area (Å²) in [6.07, 6.45) is 5.43. The fourth-order valence-corrected chi connectivity index (χ4v) is 10.6. The maximum atomic E-state index is 15.1. The third-order valence-electron chi connectivity index (χ3n) is 15.9. The number of carbonyl (C=O) groups excluding carboxylic acids is 11. The van der Waals surface area contributed by atoms with Gasteiger partial charge in [-0.15, -0.1) is 0 Å². The molecule has 84 heavy (non-hydrogen) atoms. The molecule has 1 rings (SSSR count). The van der Waals surface area contributed by atoms with Gasteiger partial charge in [0, 0.05) is 49.3 Å². The topological polar surface area (TPSA) is 259 Å². The minimum absolute atomic E-state index is 0.110. The molecule has 0 aromatic rings. The van der Waals surface area contributed by atoms with E-state index < -0.39 is 144 Å². The molecule has 480 valence electrons. The van der Waals surface area contributed by atoms with Gasteiger partial charge in [0.25, 0.3) is 0 Å². The smallest absolute Gasteiger partial charge is 0.246 e. The molecule has 0 aromatic carbocycles. The molecule has 1 heterocycles. The van der Waals surface area contributed by atoms with Crippen molar-refractivity contribution in [1.29, 1.82) is 0 Å². The number of nitrogens with zero attached hydrogens (tertiary/aromatic N) is 7. The SMILES string of the molecule is C/C=C/C[C@@H](C)C[C@H]1C(=O)N[C@@H](CC)C(=O)N(C)CC(=O)N(C)[C@@H](CC(C)C)C(=O)N[C@@H](C(C)C)C(=O)N(C)[C@@H](CC(C)C)C(=O)N[C@@H](C)C(=O)N[C@H](C)C(=O)N(C)[C@@H](CC(C)C)C(=O)N(C)[C@@H](CC(C)C)C(=O)N(C)[C@@H](C(C)C)C(=O)N1C. The number of hydrogen-bond donors (Lipinski definition) is 4. The van der Waals surface area contributed by atoms with Crippen molar-refractivity contribution in [2.75, 3.05) is 55.9 Å². The molecule has 22 heteroatoms. The number of nitrogens with one attached hydrogen (secondary N) is 4. The summed E-state index contributed by atoms with van der Waals surface area (Å²) in [5, 5.41) is 11.1. The molecule has 0 bridgehead atoms. The summed E-state index contributed by atoms with van der Waals surface area (Å²) in [5.74, 6) is -8.30. The Labute approximate surface area is 504 Å². The predicted molar refractivity (Wildman–Crippen MR) is 327 cm³/mol. The van der Waals surface area contributed by atoms with Crippen LogP contribution in [0.15, 0.2) is 12.2 Å². The molecule has 1 aliphatic heterocycles. The van der Waals surface area contributed by atoms with E-state index in [1.165, 1.54) is 97.5 Å². The second kappa shape index (κ2) is 34.8. The van der Waals surface area contributed by atoms with Gasteiger partial charge < -0.3 is 55.6 Å². The predicted octanol–water partition coefficient (Wildman–Crippen LogP) is 4.30. The van der Waals surface area contributed by atoms with Crippen LogP contribution in [0.1, 0.15) is 163 Å². The first-order valence-electron chi connectivity index (χ1n) is 30.5. The zero-order chi connectivity index (χ0) is 65.1. The van der Waals surface area contributed by atoms with Crippen molar-refractivity contribution in [1.82, 2.24) is 55.6 Å². The third-order valence-corrected chi connectivity index (χ3v) is 15.9. The van der Waals surface area contributed by atoms with Gasteiger partial charge in [-0.25, -0.2) is 0 Å². The molecule has 1 fully saturated rings. The van der Waals surface area contributed by atoms with Gasteiger partial charge in [-0.05, 0) is 107 Å². The lowest BCUT2D eigenvalue weighted by Gasteiger charge is -2.41. The average molecular weight is 1190 g/mol. The van der Waals surface area contributed by atoms with E-state index in [0.29, 0.717) is 6.42 Å². The van der Waals surface area contributed by atoms with E-state index in [4.69, 9.17) is 0 Å². The maximum Gasteiger partial charge on any atom is 0.246 e. The zero-order valence-electron chi connectivity index (χ0n) is 55.7. The molecule has 22 nitrogen and oxygen atoms in total. The van der Waals surface area contributed by atoms with Crippen LogP contribution in [0.3, 0.4) is 0 Å². The Hall–Kier alpha value is -6.09. The summed E-state index contributed by atoms with van der Waals surface area (Å²) < 4.78 is 0. The van der Waals surface area contributed by atoms with Gasteiger partial charge in [0.2, 0.25) is 65.0 Å². The molecule has 0 unspecified atom stereocenters. The highest BCUT2D eigenvalue weighted by molar-refractivity contribution is 5.99. The summed E-state index contributed by atoms with van der Waals surface area (Å²) in [6.45, 7) is 30.1. The van der Waals surface area contributed by atoms with E-state index >= 15 is 9.59 Å². The van der Waals surface area contributed by atoms with E-state index in [2.05, 4.69) is 21.3 Å². The summed E-state index contributed by atoms with van der Waals surface area (Å²) in [5.41, 5.74) is 0. The second-order valence-electron chi connectivity index (χ2n) is 26.0. The fourth-order valence-electron chi connectivity index (χ4n) is 10.6. The average Bonchev–Trinajstić information content (AvgIpc) is 2.64. The van der Waals surface area contributed by atoms with Crippen molar-refractivity contribution in [3.05, 3.63) is 12.2 Å². The molecule has 11 amide bonds. The number of carbonyl (C=O) groups is 11. The highest BCUT2D eigenvalue weighted by atomic mass is 16.2. The Balaban J connectivity index is 4.27. The Bertz CT molecular complexity index is 2290. The summed E-state index contributed by atoms with van der Waals surface area (Å²) in [4.78, 5) is 169. The van der Waals surface area contributed by atoms with Crippen LogP contribution in [0, 0.1) is 41.4 Å². The van der Waals surface area contributed by atoms with Crippen molar-refractivity contribution in [2.45, 2.75) is 223 Å². The normalized spacial score (nSPS) is 26.7. The lowest BCUT2D eigenvalue weighted by Crippen LogP contribution is -2.61. The van der Waals surface area contributed by atoms with Crippen molar-refractivity contribution >= 4 is 65.0 Å². The Morgan fingerprint density at radius 2 is 0.821 bits per heavy atom. The van der Waals surface area contributed by atoms with Gasteiger partial charge in [0.15, 0.2) is 0 Å². The summed E-state index contributed by atoms with van der Waals surface area (Å²) in [6, 6.07) is -11.4. The van der Waals surface area contributed by atoms with Gasteiger partial charge in [-0.3, -0.25) is 52.7 Å². The Morgan fingerprint density at radius 1 is 0.429 bits per heavy atom. The largest absolute Gasteiger partial charge is 0.343 e. The fraction of sp³-hybridized carbons (Fsp3) is 0.790. The van der Waals surface area contributed by atoms with Crippen molar-refractivity contribution in [3.8, 4) is 0 Å². The van der Waals surface area contributed by atoms with Crippen LogP contribution in [0.5, 0.6) is 0 Å². The van der Waals surface area contributed by atoms with E-state index in [-0.39, 0.29) is 68.1 Å². The van der Waals surface area contributed by atoms with Gasteiger partial charge >= 0.3 is 0 Å². The molecule has 1 saturated heterocycles. The Morgan fingerprint density at radius 3 is 1.27 bits per heavy atom. The monoisotopic (exact) mass is 1190 g/mol. The molecule has 11 atom stereocenters. The van der Waals surface area contributed by atoms with Gasteiger partial charge in [0.1, 0.15) is 60.4 Å². The molecule has 0 aliphatic carbocycles. The van der Waals surface area contributed by atoms with Crippen LogP contribution in [-0.4, -0.2) is 216 Å². The van der Waals surface area contributed by atoms with Crippen LogP contribution < -0.4 is 21.3 Å². The van der Waals surface area contributed by atoms with Crippen LogP contribution in [0.4, 0.5) is 0 Å². The molecule has 4 N–H and O–H groups in total. The van der Waals surface area contributed by atoms with Crippen molar-refractivity contribution in [2.24, 2.45) is 41.4 Å². The van der Waals surface area contributed by atoms with E-state index in [1.54, 1.807) is 34.6 Å². The zero-order valence-corrected chi connectivity index (χ0v) is 55.7. The minimum Gasteiger partial charge on any atom is -0.343 e. The quantitative estimate of drug-likeness (QED) is 0.168.